The molecule has 1 N–H and O–H groups in total. The number of anilines is 1. The SMILES string of the molecule is CCCc1nc(NC)cc(-n2ccnc2C)n1. The predicted octanol–water partition coefficient (Wildman–Crippen LogP) is 1.96. The quantitative estimate of drug-likeness (QED) is 0.874. The van der Waals surface area contributed by atoms with Crippen LogP contribution in [0.15, 0.2) is 18.5 Å². The lowest BCUT2D eigenvalue weighted by atomic mass is 10.3. The fourth-order valence-electron chi connectivity index (χ4n) is 1.69. The third kappa shape index (κ3) is 2.43. The molecule has 2 aromatic heterocycles. The van der Waals surface area contributed by atoms with Gasteiger partial charge < -0.3 is 5.32 Å². The van der Waals surface area contributed by atoms with E-state index in [1.807, 2.05) is 30.8 Å². The summed E-state index contributed by atoms with van der Waals surface area (Å²) in [6.07, 6.45) is 5.61. The van der Waals surface area contributed by atoms with Gasteiger partial charge in [-0.3, -0.25) is 4.57 Å². The van der Waals surface area contributed by atoms with Crippen molar-refractivity contribution in [2.24, 2.45) is 0 Å². The maximum atomic E-state index is 4.55. The predicted molar refractivity (Wildman–Crippen MR) is 67.4 cm³/mol. The number of hydrogen-bond acceptors (Lipinski definition) is 4. The summed E-state index contributed by atoms with van der Waals surface area (Å²) >= 11 is 0. The standard InChI is InChI=1S/C12H17N5/c1-4-5-10-15-11(13-3)8-12(16-10)17-7-6-14-9(17)2/h6-8H,4-5H2,1-3H3,(H,13,15,16). The Morgan fingerprint density at radius 2 is 2.18 bits per heavy atom. The van der Waals surface area contributed by atoms with Crippen molar-refractivity contribution < 1.29 is 0 Å². The number of nitrogens with one attached hydrogen (secondary N) is 1. The van der Waals surface area contributed by atoms with Gasteiger partial charge in [0.25, 0.3) is 0 Å². The first-order chi connectivity index (χ1) is 8.24. The minimum Gasteiger partial charge on any atom is -0.373 e. The van der Waals surface area contributed by atoms with Gasteiger partial charge in [-0.15, -0.1) is 0 Å². The van der Waals surface area contributed by atoms with Crippen LogP contribution in [0.5, 0.6) is 0 Å². The van der Waals surface area contributed by atoms with Gasteiger partial charge in [-0.2, -0.15) is 0 Å². The molecule has 2 heterocycles. The van der Waals surface area contributed by atoms with Crippen LogP contribution in [0.2, 0.25) is 0 Å². The van der Waals surface area contributed by atoms with Crippen LogP contribution >= 0.6 is 0 Å². The summed E-state index contributed by atoms with van der Waals surface area (Å²) in [6, 6.07) is 1.92. The van der Waals surface area contributed by atoms with Crippen molar-refractivity contribution in [2.45, 2.75) is 26.7 Å². The lowest BCUT2D eigenvalue weighted by Gasteiger charge is -2.08. The van der Waals surface area contributed by atoms with Crippen molar-refractivity contribution in [1.82, 2.24) is 19.5 Å². The topological polar surface area (TPSA) is 55.6 Å². The van der Waals surface area contributed by atoms with E-state index in [0.29, 0.717) is 0 Å². The lowest BCUT2D eigenvalue weighted by molar-refractivity contribution is 0.812. The molecule has 90 valence electrons. The van der Waals surface area contributed by atoms with Gasteiger partial charge in [0.05, 0.1) is 0 Å². The van der Waals surface area contributed by atoms with Gasteiger partial charge in [-0.25, -0.2) is 15.0 Å². The average molecular weight is 231 g/mol. The summed E-state index contributed by atoms with van der Waals surface area (Å²) in [5, 5.41) is 3.06. The molecule has 17 heavy (non-hydrogen) atoms. The Labute approximate surface area is 101 Å². The molecule has 2 rings (SSSR count). The molecule has 0 amide bonds. The van der Waals surface area contributed by atoms with E-state index >= 15 is 0 Å². The molecule has 0 aliphatic rings. The number of imidazole rings is 1. The first-order valence-electron chi connectivity index (χ1n) is 5.80. The maximum Gasteiger partial charge on any atom is 0.143 e. The van der Waals surface area contributed by atoms with E-state index in [2.05, 4.69) is 27.2 Å². The molecule has 0 radical (unpaired) electrons. The molecule has 0 aliphatic carbocycles. The highest BCUT2D eigenvalue weighted by Gasteiger charge is 2.06. The van der Waals surface area contributed by atoms with Crippen molar-refractivity contribution in [3.05, 3.63) is 30.1 Å². The Kier molecular flexibility index (Phi) is 3.37. The Hall–Kier alpha value is -1.91. The smallest absolute Gasteiger partial charge is 0.143 e. The van der Waals surface area contributed by atoms with Crippen molar-refractivity contribution >= 4 is 5.82 Å². The van der Waals surface area contributed by atoms with E-state index in [9.17, 15) is 0 Å². The molecule has 0 bridgehead atoms. The van der Waals surface area contributed by atoms with Gasteiger partial charge in [0.1, 0.15) is 23.3 Å². The summed E-state index contributed by atoms with van der Waals surface area (Å²) in [4.78, 5) is 13.2. The maximum absolute atomic E-state index is 4.55. The van der Waals surface area contributed by atoms with Gasteiger partial charge >= 0.3 is 0 Å². The van der Waals surface area contributed by atoms with Crippen molar-refractivity contribution in [3.63, 3.8) is 0 Å². The van der Waals surface area contributed by atoms with E-state index in [4.69, 9.17) is 0 Å². The molecule has 5 nitrogen and oxygen atoms in total. The minimum absolute atomic E-state index is 0.839. The van der Waals surface area contributed by atoms with Crippen LogP contribution < -0.4 is 5.32 Å². The molecule has 5 heteroatoms. The number of rotatable bonds is 4. The molecule has 0 fully saturated rings. The fourth-order valence-corrected chi connectivity index (χ4v) is 1.69. The average Bonchev–Trinajstić information content (AvgIpc) is 2.75. The van der Waals surface area contributed by atoms with Crippen molar-refractivity contribution in [3.8, 4) is 5.82 Å². The summed E-state index contributed by atoms with van der Waals surface area (Å²) in [5.41, 5.74) is 0. The van der Waals surface area contributed by atoms with Gasteiger partial charge in [0, 0.05) is 31.9 Å². The Balaban J connectivity index is 2.46. The molecule has 0 aliphatic heterocycles. The van der Waals surface area contributed by atoms with Crippen LogP contribution in [0.1, 0.15) is 25.0 Å². The van der Waals surface area contributed by atoms with E-state index in [1.165, 1.54) is 0 Å². The van der Waals surface area contributed by atoms with Crippen LogP contribution in [-0.4, -0.2) is 26.6 Å². The van der Waals surface area contributed by atoms with Gasteiger partial charge in [0.15, 0.2) is 0 Å². The summed E-state index contributed by atoms with van der Waals surface area (Å²) in [6.45, 7) is 4.08. The summed E-state index contributed by atoms with van der Waals surface area (Å²) in [5.74, 6) is 3.49. The van der Waals surface area contributed by atoms with Crippen molar-refractivity contribution in [1.29, 1.82) is 0 Å². The van der Waals surface area contributed by atoms with Crippen LogP contribution in [-0.2, 0) is 6.42 Å². The fraction of sp³-hybridized carbons (Fsp3) is 0.417. The second-order valence-corrected chi connectivity index (χ2v) is 3.87. The number of hydrogen-bond donors (Lipinski definition) is 1. The second-order valence-electron chi connectivity index (χ2n) is 3.87. The molecule has 2 aromatic rings. The minimum atomic E-state index is 0.839. The zero-order chi connectivity index (χ0) is 12.3. The van der Waals surface area contributed by atoms with Gasteiger partial charge in [0.2, 0.25) is 0 Å². The Morgan fingerprint density at radius 3 is 2.76 bits per heavy atom. The highest BCUT2D eigenvalue weighted by molar-refractivity contribution is 5.41. The van der Waals surface area contributed by atoms with Crippen LogP contribution in [0, 0.1) is 6.92 Å². The van der Waals surface area contributed by atoms with Gasteiger partial charge in [-0.1, -0.05) is 6.92 Å². The van der Waals surface area contributed by atoms with Crippen LogP contribution in [0.3, 0.4) is 0 Å². The summed E-state index contributed by atoms with van der Waals surface area (Å²) in [7, 11) is 1.86. The number of aromatic nitrogens is 4. The highest BCUT2D eigenvalue weighted by Crippen LogP contribution is 2.13. The van der Waals surface area contributed by atoms with E-state index in [-0.39, 0.29) is 0 Å². The summed E-state index contributed by atoms with van der Waals surface area (Å²) < 4.78 is 1.96. The molecular weight excluding hydrogens is 214 g/mol. The van der Waals surface area contributed by atoms with Gasteiger partial charge in [-0.05, 0) is 13.3 Å². The molecule has 0 saturated heterocycles. The van der Waals surface area contributed by atoms with Crippen LogP contribution in [0.25, 0.3) is 5.82 Å². The van der Waals surface area contributed by atoms with E-state index in [0.717, 1.165) is 36.1 Å². The molecule has 0 spiro atoms. The monoisotopic (exact) mass is 231 g/mol. The largest absolute Gasteiger partial charge is 0.373 e. The number of aryl methyl sites for hydroxylation is 2. The second kappa shape index (κ2) is 4.95. The molecule has 0 aromatic carbocycles. The molecular formula is C12H17N5. The first kappa shape index (κ1) is 11.6. The van der Waals surface area contributed by atoms with Crippen molar-refractivity contribution in [2.75, 3.05) is 12.4 Å². The molecule has 0 saturated carbocycles. The zero-order valence-corrected chi connectivity index (χ0v) is 10.4. The Morgan fingerprint density at radius 1 is 1.35 bits per heavy atom. The van der Waals surface area contributed by atoms with E-state index in [1.54, 1.807) is 6.20 Å². The highest BCUT2D eigenvalue weighted by atomic mass is 15.1. The number of nitrogens with zero attached hydrogens (tertiary/aromatic N) is 4. The zero-order valence-electron chi connectivity index (χ0n) is 10.4. The molecule has 0 unspecified atom stereocenters. The normalized spacial score (nSPS) is 10.5. The molecule has 0 atom stereocenters. The third-order valence-corrected chi connectivity index (χ3v) is 2.56. The first-order valence-corrected chi connectivity index (χ1v) is 5.80. The van der Waals surface area contributed by atoms with Crippen LogP contribution in [0.4, 0.5) is 5.82 Å². The van der Waals surface area contributed by atoms with E-state index < -0.39 is 0 Å². The Bertz CT molecular complexity index is 503. The third-order valence-electron chi connectivity index (χ3n) is 2.56. The lowest BCUT2D eigenvalue weighted by Crippen LogP contribution is -2.06.